The van der Waals surface area contributed by atoms with Gasteiger partial charge >= 0.3 is 0 Å². The van der Waals surface area contributed by atoms with Gasteiger partial charge in [-0.05, 0) is 41.1 Å². The summed E-state index contributed by atoms with van der Waals surface area (Å²) in [6, 6.07) is 18.8. The zero-order valence-corrected chi connectivity index (χ0v) is 13.0. The van der Waals surface area contributed by atoms with Gasteiger partial charge in [-0.25, -0.2) is 0 Å². The van der Waals surface area contributed by atoms with Crippen LogP contribution in [0.1, 0.15) is 5.69 Å². The fraction of sp³-hybridized carbons (Fsp3) is 0.176. The van der Waals surface area contributed by atoms with Crippen molar-refractivity contribution in [3.8, 4) is 0 Å². The van der Waals surface area contributed by atoms with Gasteiger partial charge in [-0.1, -0.05) is 36.4 Å². The van der Waals surface area contributed by atoms with Crippen LogP contribution in [0.3, 0.4) is 0 Å². The third-order valence-corrected chi connectivity index (χ3v) is 4.59. The van der Waals surface area contributed by atoms with Crippen LogP contribution in [0.25, 0.3) is 10.9 Å². The number of anilines is 1. The molecule has 0 amide bonds. The minimum atomic E-state index is 0.913. The quantitative estimate of drug-likeness (QED) is 0.726. The Hall–Kier alpha value is -1.74. The fourth-order valence-corrected chi connectivity index (χ4v) is 3.09. The third-order valence-electron chi connectivity index (χ3n) is 3.59. The van der Waals surface area contributed by atoms with Gasteiger partial charge in [0.05, 0.1) is 0 Å². The minimum Gasteiger partial charge on any atom is -0.383 e. The Labute approximate surface area is 127 Å². The smallest absolute Gasteiger partial charge is 0.0494 e. The highest BCUT2D eigenvalue weighted by atomic mass is 79.9. The lowest BCUT2D eigenvalue weighted by Crippen LogP contribution is -2.11. The van der Waals surface area contributed by atoms with Gasteiger partial charge in [-0.2, -0.15) is 0 Å². The van der Waals surface area contributed by atoms with Crippen LogP contribution in [0.2, 0.25) is 0 Å². The molecule has 3 aromatic rings. The van der Waals surface area contributed by atoms with Crippen LogP contribution in [0.4, 0.5) is 5.69 Å². The van der Waals surface area contributed by atoms with Gasteiger partial charge in [-0.15, -0.1) is 0 Å². The van der Waals surface area contributed by atoms with Crippen LogP contribution in [-0.4, -0.2) is 11.1 Å². The van der Waals surface area contributed by atoms with Crippen molar-refractivity contribution in [3.05, 3.63) is 64.8 Å². The van der Waals surface area contributed by atoms with E-state index in [9.17, 15) is 0 Å². The Morgan fingerprint density at radius 1 is 1.00 bits per heavy atom. The van der Waals surface area contributed by atoms with E-state index in [1.54, 1.807) is 0 Å². The zero-order chi connectivity index (χ0) is 13.9. The van der Waals surface area contributed by atoms with E-state index < -0.39 is 0 Å². The largest absolute Gasteiger partial charge is 0.383 e. The first-order chi connectivity index (χ1) is 9.77. The van der Waals surface area contributed by atoms with Crippen LogP contribution < -0.4 is 5.32 Å². The molecule has 3 heteroatoms. The van der Waals surface area contributed by atoms with Gasteiger partial charge in [0.2, 0.25) is 0 Å². The topological polar surface area (TPSA) is 17.0 Å². The number of benzene rings is 2. The summed E-state index contributed by atoms with van der Waals surface area (Å²) in [6.07, 6.45) is 0. The predicted octanol–water partition coefficient (Wildman–Crippen LogP) is 4.82. The second-order valence-corrected chi connectivity index (χ2v) is 5.65. The molecule has 0 aliphatic carbocycles. The highest BCUT2D eigenvalue weighted by Gasteiger charge is 2.10. The van der Waals surface area contributed by atoms with E-state index in [0.29, 0.717) is 0 Å². The summed E-state index contributed by atoms with van der Waals surface area (Å²) in [4.78, 5) is 0. The summed E-state index contributed by atoms with van der Waals surface area (Å²) < 4.78 is 3.56. The molecule has 0 radical (unpaired) electrons. The molecule has 0 spiro atoms. The van der Waals surface area contributed by atoms with Gasteiger partial charge in [0.15, 0.2) is 0 Å². The van der Waals surface area contributed by atoms with Crippen molar-refractivity contribution in [2.24, 2.45) is 0 Å². The van der Waals surface area contributed by atoms with E-state index in [4.69, 9.17) is 0 Å². The summed E-state index contributed by atoms with van der Waals surface area (Å²) in [6.45, 7) is 4.02. The zero-order valence-electron chi connectivity index (χ0n) is 11.4. The van der Waals surface area contributed by atoms with Crippen molar-refractivity contribution < 1.29 is 0 Å². The molecule has 0 saturated heterocycles. The minimum absolute atomic E-state index is 0.913. The van der Waals surface area contributed by atoms with Crippen molar-refractivity contribution in [2.75, 3.05) is 11.9 Å². The van der Waals surface area contributed by atoms with Gasteiger partial charge in [-0.3, -0.25) is 0 Å². The van der Waals surface area contributed by atoms with E-state index >= 15 is 0 Å². The summed E-state index contributed by atoms with van der Waals surface area (Å²) in [5.74, 6) is 0. The number of hydrogen-bond donors (Lipinski definition) is 1. The van der Waals surface area contributed by atoms with Crippen LogP contribution in [-0.2, 0) is 6.54 Å². The average Bonchev–Trinajstić information content (AvgIpc) is 2.74. The van der Waals surface area contributed by atoms with Crippen molar-refractivity contribution in [1.29, 1.82) is 0 Å². The lowest BCUT2D eigenvalue weighted by atomic mass is 10.2. The maximum absolute atomic E-state index is 3.70. The first-order valence-corrected chi connectivity index (χ1v) is 7.59. The SMILES string of the molecule is Cc1c(Br)c2ccccc2n1CCNc1ccccc1. The molecule has 1 aromatic heterocycles. The van der Waals surface area contributed by atoms with E-state index in [1.165, 1.54) is 26.8 Å². The van der Waals surface area contributed by atoms with Gasteiger partial charge in [0.25, 0.3) is 0 Å². The second kappa shape index (κ2) is 5.71. The Bertz CT molecular complexity index is 716. The number of fused-ring (bicyclic) bond motifs is 1. The Morgan fingerprint density at radius 3 is 2.50 bits per heavy atom. The second-order valence-electron chi connectivity index (χ2n) is 4.86. The van der Waals surface area contributed by atoms with Crippen molar-refractivity contribution in [3.63, 3.8) is 0 Å². The van der Waals surface area contributed by atoms with Crippen LogP contribution >= 0.6 is 15.9 Å². The van der Waals surface area contributed by atoms with E-state index in [2.05, 4.69) is 81.3 Å². The molecule has 0 fully saturated rings. The number of para-hydroxylation sites is 2. The highest BCUT2D eigenvalue weighted by molar-refractivity contribution is 9.10. The molecule has 2 aromatic carbocycles. The Balaban J connectivity index is 1.79. The molecule has 0 bridgehead atoms. The molecule has 2 nitrogen and oxygen atoms in total. The van der Waals surface area contributed by atoms with Gasteiger partial charge < -0.3 is 9.88 Å². The first-order valence-electron chi connectivity index (χ1n) is 6.79. The Morgan fingerprint density at radius 2 is 1.70 bits per heavy atom. The van der Waals surface area contributed by atoms with E-state index in [-0.39, 0.29) is 0 Å². The number of aromatic nitrogens is 1. The van der Waals surface area contributed by atoms with Gasteiger partial charge in [0.1, 0.15) is 0 Å². The standard InChI is InChI=1S/C17H17BrN2/c1-13-17(18)15-9-5-6-10-16(15)20(13)12-11-19-14-7-3-2-4-8-14/h2-10,19H,11-12H2,1H3. The summed E-state index contributed by atoms with van der Waals surface area (Å²) in [5, 5.41) is 4.74. The average molecular weight is 329 g/mol. The van der Waals surface area contributed by atoms with E-state index in [0.717, 1.165) is 13.1 Å². The molecular formula is C17H17BrN2. The molecule has 3 rings (SSSR count). The molecule has 0 atom stereocenters. The van der Waals surface area contributed by atoms with Crippen LogP contribution in [0.15, 0.2) is 59.1 Å². The maximum Gasteiger partial charge on any atom is 0.0494 e. The molecule has 20 heavy (non-hydrogen) atoms. The molecular weight excluding hydrogens is 312 g/mol. The molecule has 102 valence electrons. The highest BCUT2D eigenvalue weighted by Crippen LogP contribution is 2.30. The lowest BCUT2D eigenvalue weighted by Gasteiger charge is -2.10. The van der Waals surface area contributed by atoms with Crippen LogP contribution in [0.5, 0.6) is 0 Å². The molecule has 0 saturated carbocycles. The van der Waals surface area contributed by atoms with E-state index in [1.807, 2.05) is 6.07 Å². The molecule has 1 heterocycles. The molecule has 0 aliphatic rings. The van der Waals surface area contributed by atoms with Crippen molar-refractivity contribution in [1.82, 2.24) is 4.57 Å². The maximum atomic E-state index is 3.70. The number of rotatable bonds is 4. The predicted molar refractivity (Wildman–Crippen MR) is 89.3 cm³/mol. The molecule has 1 N–H and O–H groups in total. The molecule has 0 aliphatic heterocycles. The Kier molecular flexibility index (Phi) is 3.79. The lowest BCUT2D eigenvalue weighted by molar-refractivity contribution is 0.733. The third kappa shape index (κ3) is 2.46. The number of nitrogens with zero attached hydrogens (tertiary/aromatic N) is 1. The van der Waals surface area contributed by atoms with Crippen molar-refractivity contribution >= 4 is 32.5 Å². The summed E-state index contributed by atoms with van der Waals surface area (Å²) >= 11 is 3.70. The fourth-order valence-electron chi connectivity index (χ4n) is 2.54. The summed E-state index contributed by atoms with van der Waals surface area (Å²) in [5.41, 5.74) is 3.73. The molecule has 0 unspecified atom stereocenters. The van der Waals surface area contributed by atoms with Gasteiger partial charge in [0, 0.05) is 39.8 Å². The first kappa shape index (κ1) is 13.3. The number of hydrogen-bond acceptors (Lipinski definition) is 1. The normalized spacial score (nSPS) is 10.9. The summed E-state index contributed by atoms with van der Waals surface area (Å²) in [7, 11) is 0. The number of nitrogens with one attached hydrogen (secondary N) is 1. The van der Waals surface area contributed by atoms with Crippen molar-refractivity contribution in [2.45, 2.75) is 13.5 Å². The number of halogens is 1. The van der Waals surface area contributed by atoms with Crippen LogP contribution in [0, 0.1) is 6.92 Å². The monoisotopic (exact) mass is 328 g/mol.